The van der Waals surface area contributed by atoms with Gasteiger partial charge in [-0.2, -0.15) is 0 Å². The molecule has 1 aromatic rings. The minimum Gasteiger partial charge on any atom is -0.504 e. The van der Waals surface area contributed by atoms with E-state index < -0.39 is 18.0 Å². The number of carbonyl (C=O) groups is 2. The number of phenolic OH excluding ortho intramolecular Hbond substituents is 1. The molecule has 1 aliphatic rings. The van der Waals surface area contributed by atoms with E-state index in [4.69, 9.17) is 21.1 Å². The molecular formula is C17H21ClN2O5. The molecule has 2 rings (SSSR count). The lowest BCUT2D eigenvalue weighted by atomic mass is 9.93. The topological polar surface area (TPSA) is 96.9 Å². The molecule has 0 bridgehead atoms. The molecule has 8 heteroatoms. The number of rotatable bonds is 5. The van der Waals surface area contributed by atoms with Crippen LogP contribution in [0.5, 0.6) is 11.5 Å². The van der Waals surface area contributed by atoms with Gasteiger partial charge in [-0.1, -0.05) is 18.5 Å². The van der Waals surface area contributed by atoms with Gasteiger partial charge >= 0.3 is 12.0 Å². The zero-order chi connectivity index (χ0) is 18.7. The number of carbonyl (C=O) groups excluding carboxylic acids is 2. The van der Waals surface area contributed by atoms with E-state index in [-0.39, 0.29) is 28.7 Å². The molecule has 0 aromatic heterocycles. The predicted octanol–water partition coefficient (Wildman–Crippen LogP) is 3.02. The zero-order valence-electron chi connectivity index (χ0n) is 14.5. The van der Waals surface area contributed by atoms with Crippen molar-refractivity contribution in [3.8, 4) is 11.5 Å². The van der Waals surface area contributed by atoms with Crippen LogP contribution >= 0.6 is 11.6 Å². The van der Waals surface area contributed by atoms with Crippen LogP contribution in [0.2, 0.25) is 5.02 Å². The summed E-state index contributed by atoms with van der Waals surface area (Å²) in [6.45, 7) is 5.26. The molecule has 0 spiro atoms. The SMILES string of the molecule is CCC1=C(C(=O)OC(C)C)C(c2cc(Cl)cc(OC)c2O)NC(=O)N1. The summed E-state index contributed by atoms with van der Waals surface area (Å²) in [5.74, 6) is -0.642. The van der Waals surface area contributed by atoms with Crippen molar-refractivity contribution in [3.63, 3.8) is 0 Å². The Bertz CT molecular complexity index is 730. The molecule has 7 nitrogen and oxygen atoms in total. The Balaban J connectivity index is 2.62. The second kappa shape index (κ2) is 7.65. The van der Waals surface area contributed by atoms with Crippen molar-refractivity contribution >= 4 is 23.6 Å². The Kier molecular flexibility index (Phi) is 5.79. The minimum atomic E-state index is -0.914. The summed E-state index contributed by atoms with van der Waals surface area (Å²) in [7, 11) is 1.39. The van der Waals surface area contributed by atoms with E-state index in [1.165, 1.54) is 19.2 Å². The number of nitrogens with one attached hydrogen (secondary N) is 2. The van der Waals surface area contributed by atoms with Crippen LogP contribution in [0, 0.1) is 0 Å². The van der Waals surface area contributed by atoms with Gasteiger partial charge in [-0.05, 0) is 26.3 Å². The predicted molar refractivity (Wildman–Crippen MR) is 92.6 cm³/mol. The molecule has 0 saturated carbocycles. The third kappa shape index (κ3) is 3.99. The Labute approximate surface area is 150 Å². The molecule has 1 unspecified atom stereocenters. The third-order valence-corrected chi connectivity index (χ3v) is 3.89. The molecular weight excluding hydrogens is 348 g/mol. The number of aromatic hydroxyl groups is 1. The quantitative estimate of drug-likeness (QED) is 0.694. The number of ether oxygens (including phenoxy) is 2. The van der Waals surface area contributed by atoms with E-state index >= 15 is 0 Å². The fourth-order valence-corrected chi connectivity index (χ4v) is 2.84. The summed E-state index contributed by atoms with van der Waals surface area (Å²) >= 11 is 6.09. The highest BCUT2D eigenvalue weighted by atomic mass is 35.5. The summed E-state index contributed by atoms with van der Waals surface area (Å²) in [6, 6.07) is 1.52. The molecule has 1 atom stereocenters. The van der Waals surface area contributed by atoms with Crippen molar-refractivity contribution in [2.75, 3.05) is 7.11 Å². The van der Waals surface area contributed by atoms with Crippen molar-refractivity contribution in [3.05, 3.63) is 34.0 Å². The monoisotopic (exact) mass is 368 g/mol. The fourth-order valence-electron chi connectivity index (χ4n) is 2.62. The highest BCUT2D eigenvalue weighted by Crippen LogP contribution is 2.41. The van der Waals surface area contributed by atoms with Crippen molar-refractivity contribution in [2.45, 2.75) is 39.3 Å². The molecule has 0 fully saturated rings. The summed E-state index contributed by atoms with van der Waals surface area (Å²) in [6.07, 6.45) is 0.0733. The second-order valence-corrected chi connectivity index (χ2v) is 6.21. The Morgan fingerprint density at radius 2 is 2.08 bits per heavy atom. The number of methoxy groups -OCH3 is 1. The summed E-state index contributed by atoms with van der Waals surface area (Å²) < 4.78 is 10.4. The number of halogens is 1. The van der Waals surface area contributed by atoms with Gasteiger partial charge in [0.2, 0.25) is 0 Å². The maximum atomic E-state index is 12.6. The highest BCUT2D eigenvalue weighted by Gasteiger charge is 2.35. The van der Waals surface area contributed by atoms with Gasteiger partial charge in [0.05, 0.1) is 24.8 Å². The van der Waals surface area contributed by atoms with Crippen molar-refractivity contribution in [2.24, 2.45) is 0 Å². The molecule has 25 heavy (non-hydrogen) atoms. The fraction of sp³-hybridized carbons (Fsp3) is 0.412. The zero-order valence-corrected chi connectivity index (χ0v) is 15.2. The first-order valence-corrected chi connectivity index (χ1v) is 8.24. The van der Waals surface area contributed by atoms with Gasteiger partial charge in [-0.15, -0.1) is 0 Å². The van der Waals surface area contributed by atoms with E-state index in [2.05, 4.69) is 10.6 Å². The van der Waals surface area contributed by atoms with Crippen molar-refractivity contribution in [1.29, 1.82) is 0 Å². The molecule has 2 amide bonds. The molecule has 0 radical (unpaired) electrons. The lowest BCUT2D eigenvalue weighted by Gasteiger charge is -2.30. The van der Waals surface area contributed by atoms with Gasteiger partial charge in [-0.25, -0.2) is 9.59 Å². The highest BCUT2D eigenvalue weighted by molar-refractivity contribution is 6.30. The van der Waals surface area contributed by atoms with Crippen LogP contribution in [0.25, 0.3) is 0 Å². The molecule has 136 valence electrons. The van der Waals surface area contributed by atoms with Crippen LogP contribution < -0.4 is 15.4 Å². The van der Waals surface area contributed by atoms with Crippen molar-refractivity contribution < 1.29 is 24.2 Å². The maximum absolute atomic E-state index is 12.6. The van der Waals surface area contributed by atoms with E-state index in [9.17, 15) is 14.7 Å². The van der Waals surface area contributed by atoms with Crippen LogP contribution in [-0.4, -0.2) is 30.3 Å². The van der Waals surface area contributed by atoms with E-state index in [1.807, 2.05) is 0 Å². The number of allylic oxidation sites excluding steroid dienone is 1. The number of hydrogen-bond acceptors (Lipinski definition) is 5. The smallest absolute Gasteiger partial charge is 0.338 e. The normalized spacial score (nSPS) is 17.2. The van der Waals surface area contributed by atoms with Crippen LogP contribution in [-0.2, 0) is 9.53 Å². The first kappa shape index (κ1) is 18.9. The van der Waals surface area contributed by atoms with Gasteiger partial charge in [0, 0.05) is 22.3 Å². The van der Waals surface area contributed by atoms with Crippen LogP contribution in [0.3, 0.4) is 0 Å². The Morgan fingerprint density at radius 1 is 1.40 bits per heavy atom. The lowest BCUT2D eigenvalue weighted by Crippen LogP contribution is -2.46. The molecule has 0 aliphatic carbocycles. The van der Waals surface area contributed by atoms with Gasteiger partial charge in [0.1, 0.15) is 0 Å². The number of amides is 2. The van der Waals surface area contributed by atoms with Crippen LogP contribution in [0.4, 0.5) is 4.79 Å². The largest absolute Gasteiger partial charge is 0.504 e. The van der Waals surface area contributed by atoms with E-state index in [0.29, 0.717) is 17.1 Å². The summed E-state index contributed by atoms with van der Waals surface area (Å²) in [4.78, 5) is 24.6. The van der Waals surface area contributed by atoms with Crippen LogP contribution in [0.15, 0.2) is 23.4 Å². The first-order valence-electron chi connectivity index (χ1n) is 7.86. The second-order valence-electron chi connectivity index (χ2n) is 5.78. The van der Waals surface area contributed by atoms with E-state index in [1.54, 1.807) is 20.8 Å². The number of hydrogen-bond donors (Lipinski definition) is 3. The molecule has 1 aromatic carbocycles. The standard InChI is InChI=1S/C17H21ClN2O5/c1-5-11-13(16(22)25-8(2)3)14(20-17(23)19-11)10-6-9(18)7-12(24-4)15(10)21/h6-8,14,21H,5H2,1-4H3,(H2,19,20,23). The van der Waals surface area contributed by atoms with E-state index in [0.717, 1.165) is 0 Å². The Morgan fingerprint density at radius 3 is 2.64 bits per heavy atom. The number of esters is 1. The average Bonchev–Trinajstić information content (AvgIpc) is 2.54. The molecule has 1 heterocycles. The summed E-state index contributed by atoms with van der Waals surface area (Å²) in [5.41, 5.74) is 0.897. The maximum Gasteiger partial charge on any atom is 0.338 e. The molecule has 3 N–H and O–H groups in total. The number of urea groups is 1. The van der Waals surface area contributed by atoms with Crippen LogP contribution in [0.1, 0.15) is 38.8 Å². The minimum absolute atomic E-state index is 0.143. The summed E-state index contributed by atoms with van der Waals surface area (Å²) in [5, 5.41) is 16.0. The van der Waals surface area contributed by atoms with Crippen molar-refractivity contribution in [1.82, 2.24) is 10.6 Å². The average molecular weight is 369 g/mol. The van der Waals surface area contributed by atoms with Gasteiger partial charge in [0.15, 0.2) is 11.5 Å². The molecule has 1 aliphatic heterocycles. The number of phenols is 1. The first-order chi connectivity index (χ1) is 11.8. The van der Waals surface area contributed by atoms with Gasteiger partial charge < -0.3 is 25.2 Å². The molecule has 0 saturated heterocycles. The number of benzene rings is 1. The Hall–Kier alpha value is -2.41. The third-order valence-electron chi connectivity index (χ3n) is 3.67. The van der Waals surface area contributed by atoms with Gasteiger partial charge in [-0.3, -0.25) is 0 Å². The lowest BCUT2D eigenvalue weighted by molar-refractivity contribution is -0.143. The van der Waals surface area contributed by atoms with Gasteiger partial charge in [0.25, 0.3) is 0 Å².